The Hall–Kier alpha value is -1.71. The summed E-state index contributed by atoms with van der Waals surface area (Å²) in [5.41, 5.74) is 0.381. The molecule has 0 bridgehead atoms. The Kier molecular flexibility index (Phi) is 5.21. The van der Waals surface area contributed by atoms with E-state index in [0.29, 0.717) is 5.56 Å². The van der Waals surface area contributed by atoms with Crippen LogP contribution in [0.1, 0.15) is 15.9 Å². The molecule has 0 fully saturated rings. The van der Waals surface area contributed by atoms with Crippen molar-refractivity contribution in [2.75, 3.05) is 13.2 Å². The molecule has 102 valence electrons. The van der Waals surface area contributed by atoms with Gasteiger partial charge in [-0.25, -0.2) is 0 Å². The summed E-state index contributed by atoms with van der Waals surface area (Å²) in [5, 5.41) is 10.4. The Labute approximate surface area is 112 Å². The molecule has 0 aliphatic carbocycles. The molecule has 0 aliphatic rings. The first-order valence-corrected chi connectivity index (χ1v) is 5.45. The van der Waals surface area contributed by atoms with Crippen molar-refractivity contribution in [3.63, 3.8) is 0 Å². The van der Waals surface area contributed by atoms with Crippen molar-refractivity contribution in [3.05, 3.63) is 34.3 Å². The van der Waals surface area contributed by atoms with Gasteiger partial charge in [0.25, 0.3) is 5.91 Å². The lowest BCUT2D eigenvalue weighted by molar-refractivity contribution is -0.123. The van der Waals surface area contributed by atoms with Gasteiger partial charge in [0.15, 0.2) is 0 Å². The van der Waals surface area contributed by atoms with Crippen molar-refractivity contribution in [3.8, 4) is 11.8 Å². The van der Waals surface area contributed by atoms with Crippen LogP contribution < -0.4 is 5.32 Å². The molecule has 1 aromatic rings. The van der Waals surface area contributed by atoms with Crippen LogP contribution in [0.5, 0.6) is 0 Å². The van der Waals surface area contributed by atoms with E-state index in [2.05, 4.69) is 11.8 Å². The van der Waals surface area contributed by atoms with Gasteiger partial charge in [0.05, 0.1) is 5.02 Å². The number of benzene rings is 1. The summed E-state index contributed by atoms with van der Waals surface area (Å²) in [4.78, 5) is 11.4. The molecule has 0 unspecified atom stereocenters. The van der Waals surface area contributed by atoms with Crippen LogP contribution in [0.25, 0.3) is 0 Å². The van der Waals surface area contributed by atoms with Crippen molar-refractivity contribution in [1.82, 2.24) is 5.32 Å². The van der Waals surface area contributed by atoms with Gasteiger partial charge in [0.1, 0.15) is 13.2 Å². The molecule has 7 heteroatoms. The third kappa shape index (κ3) is 5.20. The maximum Gasteiger partial charge on any atom is 0.405 e. The van der Waals surface area contributed by atoms with Gasteiger partial charge in [-0.3, -0.25) is 4.79 Å². The Morgan fingerprint density at radius 2 is 2.11 bits per heavy atom. The average molecular weight is 292 g/mol. The van der Waals surface area contributed by atoms with Gasteiger partial charge < -0.3 is 10.4 Å². The molecule has 0 atom stereocenters. The number of halogens is 4. The molecule has 1 rings (SSSR count). The second-order valence-corrected chi connectivity index (χ2v) is 3.86. The van der Waals surface area contributed by atoms with Gasteiger partial charge in [0.2, 0.25) is 0 Å². The molecule has 1 aromatic carbocycles. The smallest absolute Gasteiger partial charge is 0.384 e. The summed E-state index contributed by atoms with van der Waals surface area (Å²) >= 11 is 5.81. The summed E-state index contributed by atoms with van der Waals surface area (Å²) in [7, 11) is 0. The number of hydrogen-bond donors (Lipinski definition) is 2. The van der Waals surface area contributed by atoms with Crippen LogP contribution >= 0.6 is 11.6 Å². The first kappa shape index (κ1) is 15.3. The van der Waals surface area contributed by atoms with Crippen LogP contribution in [0.4, 0.5) is 13.2 Å². The largest absolute Gasteiger partial charge is 0.405 e. The van der Waals surface area contributed by atoms with Crippen LogP contribution in [-0.2, 0) is 0 Å². The minimum Gasteiger partial charge on any atom is -0.384 e. The maximum atomic E-state index is 11.9. The monoisotopic (exact) mass is 291 g/mol. The predicted molar refractivity (Wildman–Crippen MR) is 63.8 cm³/mol. The number of alkyl halides is 3. The van der Waals surface area contributed by atoms with E-state index in [9.17, 15) is 18.0 Å². The Morgan fingerprint density at radius 1 is 1.42 bits per heavy atom. The summed E-state index contributed by atoms with van der Waals surface area (Å²) in [6.45, 7) is -1.75. The van der Waals surface area contributed by atoms with Gasteiger partial charge in [-0.2, -0.15) is 13.2 Å². The summed E-state index contributed by atoms with van der Waals surface area (Å²) in [5.74, 6) is 4.04. The van der Waals surface area contributed by atoms with E-state index in [-0.39, 0.29) is 17.2 Å². The van der Waals surface area contributed by atoms with Crippen molar-refractivity contribution < 1.29 is 23.1 Å². The lowest BCUT2D eigenvalue weighted by Gasteiger charge is -2.08. The van der Waals surface area contributed by atoms with Gasteiger partial charge >= 0.3 is 6.18 Å². The standard InChI is InChI=1S/C12H9ClF3NO2/c13-10-6-9(4-3-8(10)2-1-5-18)11(19)17-7-12(14,15)16/h3-4,6,18H,5,7H2,(H,17,19). The minimum atomic E-state index is -4.47. The highest BCUT2D eigenvalue weighted by Crippen LogP contribution is 2.18. The van der Waals surface area contributed by atoms with Crippen molar-refractivity contribution >= 4 is 17.5 Å². The Morgan fingerprint density at radius 3 is 2.63 bits per heavy atom. The second-order valence-electron chi connectivity index (χ2n) is 3.45. The molecule has 0 radical (unpaired) electrons. The quantitative estimate of drug-likeness (QED) is 0.819. The molecule has 19 heavy (non-hydrogen) atoms. The van der Waals surface area contributed by atoms with E-state index in [1.807, 2.05) is 0 Å². The molecule has 0 saturated heterocycles. The average Bonchev–Trinajstić information content (AvgIpc) is 2.33. The highest BCUT2D eigenvalue weighted by Gasteiger charge is 2.27. The number of carbonyl (C=O) groups is 1. The molecule has 0 heterocycles. The predicted octanol–water partition coefficient (Wildman–Crippen LogP) is 1.98. The molecular weight excluding hydrogens is 283 g/mol. The number of carbonyl (C=O) groups excluding carboxylic acids is 1. The number of aliphatic hydroxyl groups is 1. The SMILES string of the molecule is O=C(NCC(F)(F)F)c1ccc(C#CCO)c(Cl)c1. The van der Waals surface area contributed by atoms with Gasteiger partial charge in [0, 0.05) is 11.1 Å². The summed E-state index contributed by atoms with van der Waals surface area (Å²) < 4.78 is 35.8. The van der Waals surface area contributed by atoms with E-state index in [0.717, 1.165) is 0 Å². The van der Waals surface area contributed by atoms with E-state index in [1.54, 1.807) is 5.32 Å². The molecule has 1 amide bonds. The van der Waals surface area contributed by atoms with Crippen LogP contribution in [0, 0.1) is 11.8 Å². The number of hydrogen-bond acceptors (Lipinski definition) is 2. The van der Waals surface area contributed by atoms with Crippen LogP contribution in [-0.4, -0.2) is 30.3 Å². The summed E-state index contributed by atoms with van der Waals surface area (Å²) in [6, 6.07) is 3.92. The molecule has 0 aliphatic heterocycles. The van der Waals surface area contributed by atoms with E-state index < -0.39 is 18.6 Å². The lowest BCUT2D eigenvalue weighted by Crippen LogP contribution is -2.33. The Bertz CT molecular complexity index is 532. The fraction of sp³-hybridized carbons (Fsp3) is 0.250. The lowest BCUT2D eigenvalue weighted by atomic mass is 10.1. The fourth-order valence-electron chi connectivity index (χ4n) is 1.18. The molecule has 3 nitrogen and oxygen atoms in total. The van der Waals surface area contributed by atoms with Gasteiger partial charge in [-0.15, -0.1) is 0 Å². The van der Waals surface area contributed by atoms with E-state index in [1.165, 1.54) is 18.2 Å². The van der Waals surface area contributed by atoms with Crippen molar-refractivity contribution in [2.45, 2.75) is 6.18 Å². The fourth-order valence-corrected chi connectivity index (χ4v) is 1.40. The zero-order valence-electron chi connectivity index (χ0n) is 9.51. The molecule has 0 saturated carbocycles. The second kappa shape index (κ2) is 6.45. The minimum absolute atomic E-state index is 0.00352. The van der Waals surface area contributed by atoms with Gasteiger partial charge in [-0.05, 0) is 18.2 Å². The third-order valence-electron chi connectivity index (χ3n) is 1.98. The Balaban J connectivity index is 2.80. The molecule has 2 N–H and O–H groups in total. The highest BCUT2D eigenvalue weighted by molar-refractivity contribution is 6.32. The molecular formula is C12H9ClF3NO2. The zero-order chi connectivity index (χ0) is 14.5. The molecule has 0 spiro atoms. The first-order valence-electron chi connectivity index (χ1n) is 5.07. The first-order chi connectivity index (χ1) is 8.83. The van der Waals surface area contributed by atoms with Crippen LogP contribution in [0.2, 0.25) is 5.02 Å². The van der Waals surface area contributed by atoms with E-state index in [4.69, 9.17) is 16.7 Å². The van der Waals surface area contributed by atoms with Crippen molar-refractivity contribution in [1.29, 1.82) is 0 Å². The number of amides is 1. The van der Waals surface area contributed by atoms with Crippen LogP contribution in [0.3, 0.4) is 0 Å². The summed E-state index contributed by atoms with van der Waals surface area (Å²) in [6.07, 6.45) is -4.47. The zero-order valence-corrected chi connectivity index (χ0v) is 10.3. The maximum absolute atomic E-state index is 11.9. The van der Waals surface area contributed by atoms with Gasteiger partial charge in [-0.1, -0.05) is 23.4 Å². The number of aliphatic hydroxyl groups excluding tert-OH is 1. The topological polar surface area (TPSA) is 49.3 Å². The normalized spacial score (nSPS) is 10.6. The third-order valence-corrected chi connectivity index (χ3v) is 2.30. The van der Waals surface area contributed by atoms with E-state index >= 15 is 0 Å². The van der Waals surface area contributed by atoms with Crippen molar-refractivity contribution in [2.24, 2.45) is 0 Å². The molecule has 0 aromatic heterocycles. The van der Waals surface area contributed by atoms with Crippen LogP contribution in [0.15, 0.2) is 18.2 Å². The number of rotatable bonds is 2. The highest BCUT2D eigenvalue weighted by atomic mass is 35.5. The number of nitrogens with one attached hydrogen (secondary N) is 1.